The molecule has 2 aromatic heterocycles. The molecule has 0 aliphatic rings. The quantitative estimate of drug-likeness (QED) is 0.0128. The number of aromatic nitrogens is 4. The molecule has 0 radical (unpaired) electrons. The van der Waals surface area contributed by atoms with Gasteiger partial charge in [0.2, 0.25) is 41.4 Å². The predicted molar refractivity (Wildman–Crippen MR) is 253 cm³/mol. The first-order valence-electron chi connectivity index (χ1n) is 21.9. The molecule has 0 aliphatic heterocycles. The van der Waals surface area contributed by atoms with Gasteiger partial charge in [-0.25, -0.2) is 14.8 Å². The van der Waals surface area contributed by atoms with Gasteiger partial charge in [0, 0.05) is 55.3 Å². The van der Waals surface area contributed by atoms with Gasteiger partial charge in [0.15, 0.2) is 5.96 Å². The third-order valence-electron chi connectivity index (χ3n) is 10.4. The maximum Gasteiger partial charge on any atom is 0.327 e. The van der Waals surface area contributed by atoms with Gasteiger partial charge in [0.25, 0.3) is 0 Å². The topological polar surface area (TPSA) is 467 Å². The number of aromatic amines is 2. The minimum absolute atomic E-state index is 0.0202. The van der Waals surface area contributed by atoms with E-state index in [-0.39, 0.29) is 50.4 Å². The lowest BCUT2D eigenvalue weighted by atomic mass is 10.0. The summed E-state index contributed by atoms with van der Waals surface area (Å²) in [6, 6.07) is -4.63. The van der Waals surface area contributed by atoms with E-state index in [4.69, 9.17) is 17.2 Å². The zero-order chi connectivity index (χ0) is 52.8. The summed E-state index contributed by atoms with van der Waals surface area (Å²) in [6.07, 6.45) is 0.391. The molecule has 3 rings (SSSR count). The molecule has 3 aromatic rings. The zero-order valence-electron chi connectivity index (χ0n) is 38.6. The van der Waals surface area contributed by atoms with Crippen LogP contribution in [0.1, 0.15) is 50.1 Å². The van der Waals surface area contributed by atoms with Crippen molar-refractivity contribution in [1.29, 1.82) is 0 Å². The summed E-state index contributed by atoms with van der Waals surface area (Å²) in [6.45, 7) is 2.33. The van der Waals surface area contributed by atoms with Crippen molar-refractivity contribution in [2.45, 2.75) is 113 Å². The smallest absolute Gasteiger partial charge is 0.327 e. The molecule has 0 saturated carbocycles. The summed E-state index contributed by atoms with van der Waals surface area (Å²) in [5, 5.41) is 56.6. The van der Waals surface area contributed by atoms with Gasteiger partial charge in [-0.2, -0.15) is 12.6 Å². The number of nitrogens with one attached hydrogen (secondary N) is 9. The number of carbonyl (C=O) groups is 9. The number of benzene rings is 1. The fourth-order valence-corrected chi connectivity index (χ4v) is 6.80. The highest BCUT2D eigenvalue weighted by Crippen LogP contribution is 2.10. The Balaban J connectivity index is 1.93. The van der Waals surface area contributed by atoms with Crippen molar-refractivity contribution in [2.75, 3.05) is 12.3 Å². The van der Waals surface area contributed by atoms with Gasteiger partial charge in [0.05, 0.1) is 31.3 Å². The molecule has 28 nitrogen and oxygen atoms in total. The molecule has 388 valence electrons. The highest BCUT2D eigenvalue weighted by Gasteiger charge is 2.37. The Hall–Kier alpha value is -7.63. The Morgan fingerprint density at radius 1 is 0.634 bits per heavy atom. The van der Waals surface area contributed by atoms with Gasteiger partial charge in [-0.1, -0.05) is 30.3 Å². The Morgan fingerprint density at radius 2 is 1.10 bits per heavy atom. The fourth-order valence-electron chi connectivity index (χ4n) is 6.55. The summed E-state index contributed by atoms with van der Waals surface area (Å²) >= 11 is 3.98. The predicted octanol–water partition coefficient (Wildman–Crippen LogP) is -5.81. The molecule has 10 atom stereocenters. The van der Waals surface area contributed by atoms with Crippen molar-refractivity contribution in [3.8, 4) is 0 Å². The first kappa shape index (κ1) is 57.7. The van der Waals surface area contributed by atoms with E-state index in [0.29, 0.717) is 17.0 Å². The first-order valence-corrected chi connectivity index (χ1v) is 22.6. The molecule has 0 spiro atoms. The highest BCUT2D eigenvalue weighted by atomic mass is 32.1. The minimum atomic E-state index is -1.97. The number of guanidine groups is 1. The molecule has 0 unspecified atom stereocenters. The van der Waals surface area contributed by atoms with E-state index < -0.39 is 120 Å². The average molecular weight is 1020 g/mol. The van der Waals surface area contributed by atoms with Crippen molar-refractivity contribution in [3.63, 3.8) is 0 Å². The number of carbonyl (C=O) groups excluding carboxylic acids is 7. The molecule has 0 bridgehead atoms. The number of H-pyrrole nitrogens is 2. The van der Waals surface area contributed by atoms with Gasteiger partial charge in [-0.15, -0.1) is 0 Å². The van der Waals surface area contributed by atoms with Crippen LogP contribution in [0.15, 0.2) is 60.4 Å². The van der Waals surface area contributed by atoms with Crippen LogP contribution >= 0.6 is 12.6 Å². The molecule has 0 aliphatic carbocycles. The van der Waals surface area contributed by atoms with Crippen LogP contribution in [0.2, 0.25) is 0 Å². The van der Waals surface area contributed by atoms with Gasteiger partial charge >= 0.3 is 11.9 Å². The number of hydrogen-bond acceptors (Lipinski definition) is 16. The van der Waals surface area contributed by atoms with Crippen LogP contribution in [0.4, 0.5) is 0 Å². The van der Waals surface area contributed by atoms with Crippen molar-refractivity contribution in [1.82, 2.24) is 57.2 Å². The van der Waals surface area contributed by atoms with E-state index in [1.165, 1.54) is 32.0 Å². The van der Waals surface area contributed by atoms with Gasteiger partial charge < -0.3 is 84.8 Å². The van der Waals surface area contributed by atoms with Crippen molar-refractivity contribution < 1.29 is 63.6 Å². The molecule has 0 fully saturated rings. The van der Waals surface area contributed by atoms with Crippen LogP contribution in [0.3, 0.4) is 0 Å². The summed E-state index contributed by atoms with van der Waals surface area (Å²) in [7, 11) is 0. The largest absolute Gasteiger partial charge is 0.481 e. The van der Waals surface area contributed by atoms with E-state index in [1.54, 1.807) is 30.3 Å². The van der Waals surface area contributed by atoms with Crippen LogP contribution in [0, 0.1) is 0 Å². The number of nitrogens with two attached hydrogens (primary N) is 3. The average Bonchev–Trinajstić information content (AvgIpc) is 4.04. The van der Waals surface area contributed by atoms with E-state index in [2.05, 4.69) is 74.8 Å². The van der Waals surface area contributed by atoms with Crippen LogP contribution in [0.5, 0.6) is 0 Å². The second kappa shape index (κ2) is 28.8. The van der Waals surface area contributed by atoms with Crippen molar-refractivity contribution in [2.24, 2.45) is 22.2 Å². The Bertz CT molecular complexity index is 2280. The van der Waals surface area contributed by atoms with Crippen LogP contribution in [0.25, 0.3) is 0 Å². The van der Waals surface area contributed by atoms with Crippen molar-refractivity contribution in [3.05, 3.63) is 72.3 Å². The third-order valence-corrected chi connectivity index (χ3v) is 10.8. The molecule has 7 amide bonds. The fraction of sp³-hybridized carbons (Fsp3) is 0.476. The van der Waals surface area contributed by atoms with Gasteiger partial charge in [-0.3, -0.25) is 43.3 Å². The number of imidazole rings is 2. The minimum Gasteiger partial charge on any atom is -0.481 e. The Morgan fingerprint density at radius 3 is 1.56 bits per heavy atom. The van der Waals surface area contributed by atoms with Crippen LogP contribution in [-0.4, -0.2) is 172 Å². The molecule has 71 heavy (non-hydrogen) atoms. The summed E-state index contributed by atoms with van der Waals surface area (Å²) in [5.41, 5.74) is 17.9. The van der Waals surface area contributed by atoms with Crippen molar-refractivity contribution >= 4 is 71.9 Å². The maximum atomic E-state index is 14.3. The lowest BCUT2D eigenvalue weighted by Crippen LogP contribution is -2.62. The SMILES string of the molecule is C[C@@H](O)[C@H](N)C(=O)N[C@@H](Cc1cnc[nH]1)C(=O)N[C@H](C(=O)N[C@@H](CC(=O)O)C(=O)N[C@@H](Cc1ccccc1)C(=O)N[C@@H](CCCN=C(N)N)C(=O)N[C@@H](Cc1cnc[nH]1)C(=O)N[C@@H](CS)C(=O)O)[C@@H](C)O. The summed E-state index contributed by atoms with van der Waals surface area (Å²) in [5.74, 6) is -10.9. The first-order chi connectivity index (χ1) is 33.6. The van der Waals surface area contributed by atoms with E-state index >= 15 is 0 Å². The maximum absolute atomic E-state index is 14.3. The highest BCUT2D eigenvalue weighted by molar-refractivity contribution is 7.80. The number of amides is 7. The number of aliphatic hydroxyl groups excluding tert-OH is 2. The number of carboxylic acid groups (broad SMARTS) is 2. The number of nitrogens with zero attached hydrogens (tertiary/aromatic N) is 3. The lowest BCUT2D eigenvalue weighted by Gasteiger charge is -2.28. The summed E-state index contributed by atoms with van der Waals surface area (Å²) in [4.78, 5) is 137. The number of thiol groups is 1. The van der Waals surface area contributed by atoms with E-state index in [0.717, 1.165) is 6.92 Å². The molecular formula is C42H61N15O13S. The lowest BCUT2D eigenvalue weighted by molar-refractivity contribution is -0.142. The number of aliphatic carboxylic acids is 2. The normalized spacial score (nSPS) is 15.2. The number of hydrogen-bond donors (Lipinski definition) is 17. The molecule has 2 heterocycles. The molecule has 0 saturated heterocycles. The second-order valence-electron chi connectivity index (χ2n) is 16.2. The molecule has 1 aromatic carbocycles. The van der Waals surface area contributed by atoms with Crippen LogP contribution < -0.4 is 54.4 Å². The standard InChI is InChI=1S/C42H61N15O13S/c1-20(58)32(43)39(67)54-28(13-24-16-47-19-50-24)38(66)57-33(21(2)59)40(68)55-29(14-31(60)61)37(65)52-26(11-22-7-4-3-5-8-22)35(63)51-25(9-6-10-48-42(44)45)34(62)53-27(12-23-15-46-18-49-23)36(64)56-30(17-71)41(69)70/h3-5,7-8,15-16,18-21,25-30,32-33,58-59,71H,6,9-14,17,43H2,1-2H3,(H,46,49)(H,47,50)(H,51,63)(H,52,65)(H,53,62)(H,54,67)(H,55,68)(H,56,64)(H,57,66)(H,60,61)(H,69,70)(H4,44,45,48)/t20-,21-,25+,26+,27+,28+,29+,30+,32+,33+/m1/s1. The second-order valence-corrected chi connectivity index (χ2v) is 16.5. The number of carboxylic acids is 2. The number of rotatable bonds is 30. The Labute approximate surface area is 411 Å². The summed E-state index contributed by atoms with van der Waals surface area (Å²) < 4.78 is 0. The van der Waals surface area contributed by atoms with Gasteiger partial charge in [0.1, 0.15) is 48.3 Å². The molecule has 29 heteroatoms. The number of aliphatic hydroxyl groups is 2. The van der Waals surface area contributed by atoms with Crippen LogP contribution in [-0.2, 0) is 62.4 Å². The molecule has 19 N–H and O–H groups in total. The van der Waals surface area contributed by atoms with Gasteiger partial charge in [-0.05, 0) is 32.3 Å². The Kier molecular flexibility index (Phi) is 23.4. The monoisotopic (exact) mass is 1020 g/mol. The number of aliphatic imine (C=N–C) groups is 1. The van der Waals surface area contributed by atoms with E-state index in [1.807, 2.05) is 0 Å². The van der Waals surface area contributed by atoms with E-state index in [9.17, 15) is 63.6 Å². The third kappa shape index (κ3) is 19.7. The molecular weight excluding hydrogens is 955 g/mol. The zero-order valence-corrected chi connectivity index (χ0v) is 39.5.